The lowest BCUT2D eigenvalue weighted by atomic mass is 9.56. The summed E-state index contributed by atoms with van der Waals surface area (Å²) in [5, 5.41) is 23.9. The number of benzene rings is 1. The van der Waals surface area contributed by atoms with Crippen molar-refractivity contribution < 1.29 is 27.6 Å². The quantitative estimate of drug-likeness (QED) is 0.454. The van der Waals surface area contributed by atoms with Crippen molar-refractivity contribution in [3.63, 3.8) is 0 Å². The molecule has 0 saturated heterocycles. The molecule has 2 N–H and O–H groups in total. The van der Waals surface area contributed by atoms with Gasteiger partial charge in [-0.3, -0.25) is 10.2 Å². The number of carbonyl (C=O) groups excluding carboxylic acids is 1. The van der Waals surface area contributed by atoms with Gasteiger partial charge in [0.15, 0.2) is 17.9 Å². The molecule has 3 aromatic heterocycles. The van der Waals surface area contributed by atoms with Crippen LogP contribution in [0.25, 0.3) is 0 Å². The fourth-order valence-corrected chi connectivity index (χ4v) is 5.22. The zero-order valence-electron chi connectivity index (χ0n) is 17.1. The average molecular weight is 453 g/mol. The van der Waals surface area contributed by atoms with Crippen LogP contribution in [0.5, 0.6) is 0 Å². The molecule has 1 aromatic carbocycles. The Bertz CT molecular complexity index is 1200. The number of hydrogen-bond acceptors (Lipinski definition) is 4. The number of pyridine rings is 1. The van der Waals surface area contributed by atoms with E-state index in [2.05, 4.69) is 85.8 Å². The summed E-state index contributed by atoms with van der Waals surface area (Å²) in [5.41, 5.74) is 6.22. The van der Waals surface area contributed by atoms with E-state index < -0.39 is 12.1 Å². The first-order chi connectivity index (χ1) is 15.8. The minimum absolute atomic E-state index is 0.200. The van der Waals surface area contributed by atoms with Crippen LogP contribution in [0.3, 0.4) is 0 Å². The fourth-order valence-electron chi connectivity index (χ4n) is 5.22. The Morgan fingerprint density at radius 1 is 0.970 bits per heavy atom. The van der Waals surface area contributed by atoms with Gasteiger partial charge in [-0.1, -0.05) is 30.3 Å². The monoisotopic (exact) mass is 453 g/mol. The SMILES string of the molecule is O=C([O-])C(F)(F)F.c1ccc2c(c1)[C@H]1c3cccc[n+]3[C@@H]2CC1(c1ccn[nH]1)c1ccn[nH]1. The second kappa shape index (κ2) is 7.58. The molecule has 1 aliphatic carbocycles. The summed E-state index contributed by atoms with van der Waals surface area (Å²) in [6, 6.07) is 19.9. The highest BCUT2D eigenvalue weighted by Crippen LogP contribution is 2.58. The molecule has 0 amide bonds. The number of halogens is 3. The van der Waals surface area contributed by atoms with Gasteiger partial charge in [-0.05, 0) is 17.7 Å². The fraction of sp³-hybridized carbons (Fsp3) is 0.217. The number of aromatic nitrogens is 5. The van der Waals surface area contributed by atoms with E-state index in [1.165, 1.54) is 16.8 Å². The summed E-state index contributed by atoms with van der Waals surface area (Å²) in [6.45, 7) is 0. The van der Waals surface area contributed by atoms with Crippen molar-refractivity contribution in [3.05, 3.63) is 101 Å². The van der Waals surface area contributed by atoms with Gasteiger partial charge in [-0.15, -0.1) is 0 Å². The second-order valence-corrected chi connectivity index (χ2v) is 8.01. The zero-order chi connectivity index (χ0) is 23.2. The Balaban J connectivity index is 0.000000287. The molecule has 0 spiro atoms. The van der Waals surface area contributed by atoms with Crippen LogP contribution in [0.4, 0.5) is 13.2 Å². The van der Waals surface area contributed by atoms with E-state index in [9.17, 15) is 13.2 Å². The molecule has 2 bridgehead atoms. The minimum atomic E-state index is -5.19. The number of aliphatic carboxylic acids is 1. The average Bonchev–Trinajstić information content (AvgIpc) is 3.54. The van der Waals surface area contributed by atoms with E-state index in [1.54, 1.807) is 0 Å². The minimum Gasteiger partial charge on any atom is -0.542 e. The number of nitrogens with one attached hydrogen (secondary N) is 2. The molecule has 2 atom stereocenters. The lowest BCUT2D eigenvalue weighted by Gasteiger charge is -2.48. The maximum Gasteiger partial charge on any atom is 0.430 e. The number of H-pyrrole nitrogens is 2. The van der Waals surface area contributed by atoms with Crippen LogP contribution >= 0.6 is 0 Å². The Morgan fingerprint density at radius 2 is 1.55 bits per heavy atom. The molecule has 0 unspecified atom stereocenters. The molecule has 2 aliphatic heterocycles. The summed E-state index contributed by atoms with van der Waals surface area (Å²) in [6.07, 6.45) is 1.69. The first-order valence-electron chi connectivity index (χ1n) is 10.2. The van der Waals surface area contributed by atoms with E-state index in [1.807, 2.05) is 12.4 Å². The van der Waals surface area contributed by atoms with Crippen LogP contribution < -0.4 is 9.67 Å². The first-order valence-corrected chi connectivity index (χ1v) is 10.2. The molecule has 10 heteroatoms. The van der Waals surface area contributed by atoms with Crippen molar-refractivity contribution in [2.24, 2.45) is 0 Å². The molecule has 0 radical (unpaired) electrons. The molecule has 7 nitrogen and oxygen atoms in total. The van der Waals surface area contributed by atoms with Crippen LogP contribution in [-0.2, 0) is 10.2 Å². The summed E-state index contributed by atoms with van der Waals surface area (Å²) >= 11 is 0. The number of carbonyl (C=O) groups is 1. The predicted octanol–water partition coefficient (Wildman–Crippen LogP) is 2.14. The number of nitrogens with zero attached hydrogens (tertiary/aromatic N) is 3. The first kappa shape index (κ1) is 20.9. The van der Waals surface area contributed by atoms with Crippen LogP contribution in [0.2, 0.25) is 0 Å². The molecule has 0 fully saturated rings. The number of hydrogen-bond donors (Lipinski definition) is 2. The van der Waals surface area contributed by atoms with Crippen molar-refractivity contribution in [3.8, 4) is 0 Å². The molecule has 0 saturated carbocycles. The number of aromatic amines is 2. The van der Waals surface area contributed by atoms with E-state index in [0.717, 1.165) is 17.8 Å². The van der Waals surface area contributed by atoms with Crippen molar-refractivity contribution in [2.45, 2.75) is 30.0 Å². The van der Waals surface area contributed by atoms with Crippen molar-refractivity contribution >= 4 is 5.97 Å². The Kier molecular flexibility index (Phi) is 4.80. The molecule has 168 valence electrons. The van der Waals surface area contributed by atoms with Crippen molar-refractivity contribution in [2.75, 3.05) is 0 Å². The van der Waals surface area contributed by atoms with Crippen LogP contribution in [-0.4, -0.2) is 32.5 Å². The lowest BCUT2D eigenvalue weighted by Crippen LogP contribution is -2.60. The lowest BCUT2D eigenvalue weighted by molar-refractivity contribution is -0.732. The largest absolute Gasteiger partial charge is 0.542 e. The maximum atomic E-state index is 10.5. The highest BCUT2D eigenvalue weighted by Gasteiger charge is 2.60. The van der Waals surface area contributed by atoms with Crippen LogP contribution in [0.1, 0.15) is 46.6 Å². The van der Waals surface area contributed by atoms with Crippen LogP contribution in [0.15, 0.2) is 73.2 Å². The number of rotatable bonds is 2. The Labute approximate surface area is 185 Å². The Morgan fingerprint density at radius 3 is 2.09 bits per heavy atom. The molecular formula is C23H18F3N5O2. The summed E-state index contributed by atoms with van der Waals surface area (Å²) in [7, 11) is 0. The van der Waals surface area contributed by atoms with Gasteiger partial charge in [0.2, 0.25) is 0 Å². The number of carboxylic acids is 1. The topological polar surface area (TPSA) is 101 Å². The smallest absolute Gasteiger partial charge is 0.430 e. The van der Waals surface area contributed by atoms with E-state index in [-0.39, 0.29) is 11.3 Å². The van der Waals surface area contributed by atoms with Gasteiger partial charge in [-0.2, -0.15) is 27.9 Å². The number of carboxylic acid groups (broad SMARTS) is 1. The maximum absolute atomic E-state index is 10.5. The zero-order valence-corrected chi connectivity index (χ0v) is 17.1. The van der Waals surface area contributed by atoms with Crippen molar-refractivity contribution in [1.29, 1.82) is 0 Å². The predicted molar refractivity (Wildman–Crippen MR) is 107 cm³/mol. The van der Waals surface area contributed by atoms with Crippen LogP contribution in [0, 0.1) is 0 Å². The summed E-state index contributed by atoms with van der Waals surface area (Å²) in [4.78, 5) is 8.78. The molecule has 5 heterocycles. The second-order valence-electron chi connectivity index (χ2n) is 8.01. The number of fused-ring (bicyclic) bond motifs is 1. The van der Waals surface area contributed by atoms with Gasteiger partial charge in [0.25, 0.3) is 0 Å². The van der Waals surface area contributed by atoms with Gasteiger partial charge in [0.1, 0.15) is 5.97 Å². The standard InChI is InChI=1S/C21H18N5.C2HF3O2/c1-2-6-15-14(5-1)17-13-21(18-8-10-22-24-18,19-9-11-23-25-19)20(15)16-7-3-4-12-26(16)17;3-2(4,5)1(6)7/h1-12,17,20H,13H2,(H,22,24)(H,23,25);(H,6,7)/q+1;/p-1/t17-,20+;/m1./s1. The summed E-state index contributed by atoms with van der Waals surface area (Å²) < 4.78 is 34.0. The third-order valence-corrected chi connectivity index (χ3v) is 6.42. The molecule has 33 heavy (non-hydrogen) atoms. The highest BCUT2D eigenvalue weighted by molar-refractivity contribution is 5.70. The molecule has 3 aliphatic rings. The Hall–Kier alpha value is -3.95. The summed E-state index contributed by atoms with van der Waals surface area (Å²) in [5.74, 6) is -2.81. The number of alkyl halides is 3. The van der Waals surface area contributed by atoms with Gasteiger partial charge < -0.3 is 9.90 Å². The molecule has 4 aromatic rings. The third kappa shape index (κ3) is 3.21. The van der Waals surface area contributed by atoms with Gasteiger partial charge in [-0.25, -0.2) is 0 Å². The van der Waals surface area contributed by atoms with Gasteiger partial charge in [0, 0.05) is 47.9 Å². The highest BCUT2D eigenvalue weighted by atomic mass is 19.4. The molecule has 7 rings (SSSR count). The van der Waals surface area contributed by atoms with E-state index >= 15 is 0 Å². The molecular weight excluding hydrogens is 435 g/mol. The van der Waals surface area contributed by atoms with Gasteiger partial charge in [0.05, 0.1) is 11.3 Å². The van der Waals surface area contributed by atoms with Crippen molar-refractivity contribution in [1.82, 2.24) is 20.4 Å². The van der Waals surface area contributed by atoms with E-state index in [0.29, 0.717) is 6.04 Å². The normalized spacial score (nSPS) is 19.7. The van der Waals surface area contributed by atoms with E-state index in [4.69, 9.17) is 9.90 Å². The third-order valence-electron chi connectivity index (χ3n) is 6.42. The van der Waals surface area contributed by atoms with Gasteiger partial charge >= 0.3 is 6.18 Å².